The first-order chi connectivity index (χ1) is 11.5. The largest absolute Gasteiger partial charge is 0.361 e. The average molecular weight is 321 g/mol. The quantitative estimate of drug-likeness (QED) is 0.787. The van der Waals surface area contributed by atoms with Gasteiger partial charge in [-0.3, -0.25) is 9.36 Å². The summed E-state index contributed by atoms with van der Waals surface area (Å²) in [7, 11) is 0. The van der Waals surface area contributed by atoms with Crippen molar-refractivity contribution in [1.29, 1.82) is 0 Å². The van der Waals surface area contributed by atoms with Crippen molar-refractivity contribution in [2.45, 2.75) is 20.8 Å². The highest BCUT2D eigenvalue weighted by atomic mass is 16.5. The minimum absolute atomic E-state index is 0.0991. The van der Waals surface area contributed by atoms with Gasteiger partial charge in [0.2, 0.25) is 0 Å². The molecule has 0 aliphatic heterocycles. The molecule has 3 aromatic rings. The van der Waals surface area contributed by atoms with Gasteiger partial charge < -0.3 is 9.84 Å². The molecular weight excluding hydrogens is 302 g/mol. The summed E-state index contributed by atoms with van der Waals surface area (Å²) in [4.78, 5) is 12.3. The molecule has 0 saturated heterocycles. The van der Waals surface area contributed by atoms with E-state index in [0.29, 0.717) is 0 Å². The van der Waals surface area contributed by atoms with E-state index in [9.17, 15) is 4.79 Å². The zero-order chi connectivity index (χ0) is 17.3. The first-order valence-corrected chi connectivity index (χ1v) is 7.64. The molecule has 0 bridgehead atoms. The van der Waals surface area contributed by atoms with Crippen molar-refractivity contribution in [3.05, 3.63) is 76.7 Å². The van der Waals surface area contributed by atoms with Crippen molar-refractivity contribution < 1.29 is 4.52 Å². The number of aryl methyl sites for hydroxylation is 2. The van der Waals surface area contributed by atoms with Crippen LogP contribution >= 0.6 is 0 Å². The zero-order valence-electron chi connectivity index (χ0n) is 14.0. The van der Waals surface area contributed by atoms with Gasteiger partial charge in [-0.05, 0) is 45.0 Å². The number of nitrogens with zero attached hydrogens (tertiary/aromatic N) is 2. The maximum absolute atomic E-state index is 12.3. The fourth-order valence-electron chi connectivity index (χ4n) is 2.71. The van der Waals surface area contributed by atoms with Gasteiger partial charge in [0.15, 0.2) is 0 Å². The smallest absolute Gasteiger partial charge is 0.255 e. The minimum atomic E-state index is -0.0991. The molecule has 122 valence electrons. The van der Waals surface area contributed by atoms with Crippen LogP contribution in [0.15, 0.2) is 64.2 Å². The Hall–Kier alpha value is -3.08. The SMILES string of the molecule is C=C(C)Nc1cccc(-n2cc(-c3c(C)noc3C)ccc2=O)c1. The topological polar surface area (TPSA) is 60.1 Å². The number of allylic oxidation sites excluding steroid dienone is 1. The predicted octanol–water partition coefficient (Wildman–Crippen LogP) is 4.05. The molecule has 5 nitrogen and oxygen atoms in total. The van der Waals surface area contributed by atoms with Crippen LogP contribution in [0.4, 0.5) is 5.69 Å². The third-order valence-corrected chi connectivity index (χ3v) is 3.72. The first kappa shape index (κ1) is 15.8. The Balaban J connectivity index is 2.11. The van der Waals surface area contributed by atoms with Crippen LogP contribution in [0.1, 0.15) is 18.4 Å². The Bertz CT molecular complexity index is 947. The lowest BCUT2D eigenvalue weighted by molar-refractivity contribution is 0.393. The van der Waals surface area contributed by atoms with Crippen molar-refractivity contribution >= 4 is 5.69 Å². The standard InChI is InChI=1S/C19H19N3O2/c1-12(2)20-16-6-5-7-17(10-16)22-11-15(8-9-18(22)23)19-13(3)21-24-14(19)4/h5-11,20H,1H2,2-4H3. The molecular formula is C19H19N3O2. The predicted molar refractivity (Wildman–Crippen MR) is 95.4 cm³/mol. The molecule has 2 aromatic heterocycles. The Labute approximate surface area is 140 Å². The van der Waals surface area contributed by atoms with E-state index in [2.05, 4.69) is 17.1 Å². The number of nitrogens with one attached hydrogen (secondary N) is 1. The van der Waals surface area contributed by atoms with Gasteiger partial charge in [-0.1, -0.05) is 17.8 Å². The Morgan fingerprint density at radius 1 is 1.25 bits per heavy atom. The van der Waals surface area contributed by atoms with Crippen LogP contribution in [0.2, 0.25) is 0 Å². The van der Waals surface area contributed by atoms with Crippen LogP contribution in [0.3, 0.4) is 0 Å². The van der Waals surface area contributed by atoms with Gasteiger partial charge in [0.1, 0.15) is 5.76 Å². The van der Waals surface area contributed by atoms with Crippen molar-refractivity contribution in [3.63, 3.8) is 0 Å². The molecule has 0 saturated carbocycles. The number of rotatable bonds is 4. The normalized spacial score (nSPS) is 10.6. The van der Waals surface area contributed by atoms with Crippen molar-refractivity contribution in [3.8, 4) is 16.8 Å². The van der Waals surface area contributed by atoms with E-state index in [4.69, 9.17) is 4.52 Å². The summed E-state index contributed by atoms with van der Waals surface area (Å²) in [5.41, 5.74) is 5.01. The molecule has 0 atom stereocenters. The lowest BCUT2D eigenvalue weighted by atomic mass is 10.1. The second-order valence-corrected chi connectivity index (χ2v) is 5.78. The van der Waals surface area contributed by atoms with Crippen molar-refractivity contribution in [1.82, 2.24) is 9.72 Å². The lowest BCUT2D eigenvalue weighted by Gasteiger charge is -2.11. The van der Waals surface area contributed by atoms with E-state index in [0.717, 1.165) is 39.7 Å². The van der Waals surface area contributed by atoms with Crippen LogP contribution < -0.4 is 10.9 Å². The number of anilines is 1. The van der Waals surface area contributed by atoms with E-state index in [1.165, 1.54) is 0 Å². The number of hydrogen-bond donors (Lipinski definition) is 1. The van der Waals surface area contributed by atoms with Gasteiger partial charge in [-0.2, -0.15) is 0 Å². The summed E-state index contributed by atoms with van der Waals surface area (Å²) >= 11 is 0. The van der Waals surface area contributed by atoms with Crippen molar-refractivity contribution in [2.75, 3.05) is 5.32 Å². The summed E-state index contributed by atoms with van der Waals surface area (Å²) < 4.78 is 6.85. The molecule has 0 radical (unpaired) electrons. The van der Waals surface area contributed by atoms with E-state index >= 15 is 0 Å². The second kappa shape index (κ2) is 6.20. The molecule has 1 N–H and O–H groups in total. The second-order valence-electron chi connectivity index (χ2n) is 5.78. The van der Waals surface area contributed by atoms with Crippen LogP contribution in [-0.4, -0.2) is 9.72 Å². The van der Waals surface area contributed by atoms with Gasteiger partial charge in [0.25, 0.3) is 5.56 Å². The summed E-state index contributed by atoms with van der Waals surface area (Å²) in [5.74, 6) is 0.732. The molecule has 1 aromatic carbocycles. The maximum Gasteiger partial charge on any atom is 0.255 e. The molecule has 0 aliphatic carbocycles. The minimum Gasteiger partial charge on any atom is -0.361 e. The molecule has 0 fully saturated rings. The highest BCUT2D eigenvalue weighted by molar-refractivity contribution is 5.67. The highest BCUT2D eigenvalue weighted by Gasteiger charge is 2.13. The molecule has 3 rings (SSSR count). The van der Waals surface area contributed by atoms with Crippen molar-refractivity contribution in [2.24, 2.45) is 0 Å². The highest BCUT2D eigenvalue weighted by Crippen LogP contribution is 2.26. The number of aromatic nitrogens is 2. The average Bonchev–Trinajstić information content (AvgIpc) is 2.87. The van der Waals surface area contributed by atoms with Crippen LogP contribution in [-0.2, 0) is 0 Å². The van der Waals surface area contributed by atoms with Gasteiger partial charge in [-0.25, -0.2) is 0 Å². The van der Waals surface area contributed by atoms with E-state index in [1.54, 1.807) is 16.7 Å². The Kier molecular flexibility index (Phi) is 4.08. The van der Waals surface area contributed by atoms with E-state index in [-0.39, 0.29) is 5.56 Å². The number of hydrogen-bond acceptors (Lipinski definition) is 4. The third-order valence-electron chi connectivity index (χ3n) is 3.72. The fourth-order valence-corrected chi connectivity index (χ4v) is 2.71. The number of pyridine rings is 1. The van der Waals surface area contributed by atoms with Crippen LogP contribution in [0, 0.1) is 13.8 Å². The summed E-state index contributed by atoms with van der Waals surface area (Å²) in [6.07, 6.45) is 1.81. The summed E-state index contributed by atoms with van der Waals surface area (Å²) in [6.45, 7) is 9.48. The fraction of sp³-hybridized carbons (Fsp3) is 0.158. The number of benzene rings is 1. The third kappa shape index (κ3) is 3.01. The van der Waals surface area contributed by atoms with Gasteiger partial charge in [0.05, 0.1) is 11.4 Å². The van der Waals surface area contributed by atoms with E-state index < -0.39 is 0 Å². The van der Waals surface area contributed by atoms with Crippen LogP contribution in [0.5, 0.6) is 0 Å². The Morgan fingerprint density at radius 2 is 2.04 bits per heavy atom. The van der Waals surface area contributed by atoms with E-state index in [1.807, 2.05) is 51.2 Å². The molecule has 0 aliphatic rings. The molecule has 0 unspecified atom stereocenters. The molecule has 0 spiro atoms. The Morgan fingerprint density at radius 3 is 2.71 bits per heavy atom. The first-order valence-electron chi connectivity index (χ1n) is 7.64. The van der Waals surface area contributed by atoms with Crippen LogP contribution in [0.25, 0.3) is 16.8 Å². The van der Waals surface area contributed by atoms with Gasteiger partial charge in [0, 0.05) is 34.8 Å². The molecule has 24 heavy (non-hydrogen) atoms. The van der Waals surface area contributed by atoms with Gasteiger partial charge >= 0.3 is 0 Å². The molecule has 5 heteroatoms. The molecule has 2 heterocycles. The lowest BCUT2D eigenvalue weighted by Crippen LogP contribution is -2.16. The summed E-state index contributed by atoms with van der Waals surface area (Å²) in [5, 5.41) is 7.14. The maximum atomic E-state index is 12.3. The monoisotopic (exact) mass is 321 g/mol. The zero-order valence-corrected chi connectivity index (χ0v) is 14.0. The van der Waals surface area contributed by atoms with Gasteiger partial charge in [-0.15, -0.1) is 0 Å². The summed E-state index contributed by atoms with van der Waals surface area (Å²) in [6, 6.07) is 11.0. The molecule has 0 amide bonds.